The number of aliphatic hydroxyl groups is 1. The van der Waals surface area contributed by atoms with E-state index in [4.69, 9.17) is 4.74 Å². The molecule has 0 bridgehead atoms. The van der Waals surface area contributed by atoms with Crippen LogP contribution in [0.25, 0.3) is 10.8 Å². The van der Waals surface area contributed by atoms with E-state index >= 15 is 0 Å². The molecule has 112 valence electrons. The number of hydrogen-bond acceptors (Lipinski definition) is 3. The van der Waals surface area contributed by atoms with E-state index in [-0.39, 0.29) is 12.7 Å². The fourth-order valence-corrected chi connectivity index (χ4v) is 3.52. The van der Waals surface area contributed by atoms with E-state index in [1.54, 1.807) is 0 Å². The summed E-state index contributed by atoms with van der Waals surface area (Å²) in [5, 5.41) is 11.5. The van der Waals surface area contributed by atoms with Crippen LogP contribution in [0.1, 0.15) is 38.8 Å². The number of aromatic nitrogens is 1. The molecular formula is C18H23NO2. The summed E-state index contributed by atoms with van der Waals surface area (Å²) in [7, 11) is 0. The van der Waals surface area contributed by atoms with Crippen molar-refractivity contribution in [3.8, 4) is 5.88 Å². The highest BCUT2D eigenvalue weighted by Gasteiger charge is 2.26. The van der Waals surface area contributed by atoms with Crippen molar-refractivity contribution in [2.75, 3.05) is 0 Å². The molecule has 3 heteroatoms. The van der Waals surface area contributed by atoms with Crippen molar-refractivity contribution in [3.63, 3.8) is 0 Å². The third-order valence-corrected chi connectivity index (χ3v) is 4.33. The van der Waals surface area contributed by atoms with Gasteiger partial charge in [0.2, 0.25) is 5.88 Å². The van der Waals surface area contributed by atoms with Crippen LogP contribution < -0.4 is 4.74 Å². The number of aliphatic hydroxyl groups excluding tert-OH is 1. The number of rotatable bonds is 3. The van der Waals surface area contributed by atoms with Crippen molar-refractivity contribution >= 4 is 10.8 Å². The summed E-state index contributed by atoms with van der Waals surface area (Å²) >= 11 is 0. The summed E-state index contributed by atoms with van der Waals surface area (Å²) in [6.07, 6.45) is 3.69. The maximum atomic E-state index is 9.39. The SMILES string of the molecule is CC1CC(C)CC(Oc2nc(CO)cc3ccccc23)C1. The lowest BCUT2D eigenvalue weighted by Gasteiger charge is -2.31. The van der Waals surface area contributed by atoms with Gasteiger partial charge in [-0.2, -0.15) is 0 Å². The van der Waals surface area contributed by atoms with Crippen LogP contribution in [0.2, 0.25) is 0 Å². The van der Waals surface area contributed by atoms with E-state index < -0.39 is 0 Å². The Morgan fingerprint density at radius 2 is 1.86 bits per heavy atom. The summed E-state index contributed by atoms with van der Waals surface area (Å²) in [6.45, 7) is 4.53. The van der Waals surface area contributed by atoms with E-state index in [1.807, 2.05) is 30.3 Å². The number of fused-ring (bicyclic) bond motifs is 1. The van der Waals surface area contributed by atoms with Crippen LogP contribution in [-0.4, -0.2) is 16.2 Å². The lowest BCUT2D eigenvalue weighted by Crippen LogP contribution is -2.28. The summed E-state index contributed by atoms with van der Waals surface area (Å²) in [6, 6.07) is 10.00. The first kappa shape index (κ1) is 14.3. The molecule has 0 amide bonds. The van der Waals surface area contributed by atoms with Crippen molar-refractivity contribution in [1.29, 1.82) is 0 Å². The minimum atomic E-state index is -0.0569. The smallest absolute Gasteiger partial charge is 0.221 e. The number of pyridine rings is 1. The summed E-state index contributed by atoms with van der Waals surface area (Å²) in [4.78, 5) is 4.49. The van der Waals surface area contributed by atoms with Crippen LogP contribution in [0.5, 0.6) is 5.88 Å². The van der Waals surface area contributed by atoms with Gasteiger partial charge in [0, 0.05) is 5.39 Å². The van der Waals surface area contributed by atoms with Gasteiger partial charge in [0.15, 0.2) is 0 Å². The Balaban J connectivity index is 1.92. The largest absolute Gasteiger partial charge is 0.474 e. The van der Waals surface area contributed by atoms with Crippen LogP contribution in [0.3, 0.4) is 0 Å². The van der Waals surface area contributed by atoms with Gasteiger partial charge in [0.25, 0.3) is 0 Å². The quantitative estimate of drug-likeness (QED) is 0.929. The molecule has 0 spiro atoms. The highest BCUT2D eigenvalue weighted by atomic mass is 16.5. The van der Waals surface area contributed by atoms with Crippen molar-refractivity contribution < 1.29 is 9.84 Å². The van der Waals surface area contributed by atoms with Gasteiger partial charge in [-0.15, -0.1) is 0 Å². The van der Waals surface area contributed by atoms with E-state index in [1.165, 1.54) is 6.42 Å². The molecule has 1 heterocycles. The molecule has 3 nitrogen and oxygen atoms in total. The predicted octanol–water partition coefficient (Wildman–Crippen LogP) is 3.93. The first-order valence-corrected chi connectivity index (χ1v) is 7.82. The maximum Gasteiger partial charge on any atom is 0.221 e. The Morgan fingerprint density at radius 3 is 2.57 bits per heavy atom. The molecule has 0 saturated heterocycles. The second kappa shape index (κ2) is 6.02. The van der Waals surface area contributed by atoms with Gasteiger partial charge < -0.3 is 9.84 Å². The van der Waals surface area contributed by atoms with Gasteiger partial charge in [-0.25, -0.2) is 4.98 Å². The molecule has 1 N–H and O–H groups in total. The number of nitrogens with zero attached hydrogens (tertiary/aromatic N) is 1. The first-order valence-electron chi connectivity index (χ1n) is 7.82. The molecule has 0 radical (unpaired) electrons. The normalized spacial score (nSPS) is 26.0. The summed E-state index contributed by atoms with van der Waals surface area (Å²) < 4.78 is 6.23. The average Bonchev–Trinajstić information content (AvgIpc) is 2.46. The van der Waals surface area contributed by atoms with Crippen LogP contribution in [0, 0.1) is 11.8 Å². The molecule has 1 aliphatic rings. The van der Waals surface area contributed by atoms with Gasteiger partial charge in [-0.1, -0.05) is 32.0 Å². The predicted molar refractivity (Wildman–Crippen MR) is 84.3 cm³/mol. The number of hydrogen-bond donors (Lipinski definition) is 1. The molecule has 0 aliphatic heterocycles. The Bertz CT molecular complexity index is 616. The third-order valence-electron chi connectivity index (χ3n) is 4.33. The van der Waals surface area contributed by atoms with Crippen molar-refractivity contribution in [1.82, 2.24) is 4.98 Å². The van der Waals surface area contributed by atoms with Crippen LogP contribution in [0.15, 0.2) is 30.3 Å². The minimum Gasteiger partial charge on any atom is -0.474 e. The van der Waals surface area contributed by atoms with Gasteiger partial charge in [-0.05, 0) is 48.6 Å². The topological polar surface area (TPSA) is 42.4 Å². The van der Waals surface area contributed by atoms with E-state index in [0.29, 0.717) is 23.4 Å². The zero-order chi connectivity index (χ0) is 14.8. The average molecular weight is 285 g/mol. The zero-order valence-corrected chi connectivity index (χ0v) is 12.7. The van der Waals surface area contributed by atoms with Crippen molar-refractivity contribution in [2.24, 2.45) is 11.8 Å². The third kappa shape index (κ3) is 3.18. The molecular weight excluding hydrogens is 262 g/mol. The fourth-order valence-electron chi connectivity index (χ4n) is 3.52. The first-order chi connectivity index (χ1) is 10.2. The second-order valence-electron chi connectivity index (χ2n) is 6.46. The van der Waals surface area contributed by atoms with Gasteiger partial charge in [0.1, 0.15) is 6.10 Å². The summed E-state index contributed by atoms with van der Waals surface area (Å²) in [5.41, 5.74) is 0.667. The van der Waals surface area contributed by atoms with Crippen LogP contribution >= 0.6 is 0 Å². The molecule has 21 heavy (non-hydrogen) atoms. The molecule has 1 saturated carbocycles. The maximum absolute atomic E-state index is 9.39. The molecule has 1 aliphatic carbocycles. The molecule has 3 rings (SSSR count). The van der Waals surface area contributed by atoms with Gasteiger partial charge >= 0.3 is 0 Å². The number of benzene rings is 1. The monoisotopic (exact) mass is 285 g/mol. The van der Waals surface area contributed by atoms with Crippen molar-refractivity contribution in [3.05, 3.63) is 36.0 Å². The zero-order valence-electron chi connectivity index (χ0n) is 12.7. The Kier molecular flexibility index (Phi) is 4.11. The van der Waals surface area contributed by atoms with Crippen molar-refractivity contribution in [2.45, 2.75) is 45.8 Å². The molecule has 2 unspecified atom stereocenters. The van der Waals surface area contributed by atoms with Gasteiger partial charge in [-0.3, -0.25) is 0 Å². The van der Waals surface area contributed by atoms with E-state index in [0.717, 1.165) is 23.6 Å². The second-order valence-corrected chi connectivity index (χ2v) is 6.46. The minimum absolute atomic E-state index is 0.0569. The lowest BCUT2D eigenvalue weighted by molar-refractivity contribution is 0.0977. The van der Waals surface area contributed by atoms with Crippen LogP contribution in [0.4, 0.5) is 0 Å². The molecule has 1 aromatic carbocycles. The Morgan fingerprint density at radius 1 is 1.14 bits per heavy atom. The highest BCUT2D eigenvalue weighted by molar-refractivity contribution is 5.87. The highest BCUT2D eigenvalue weighted by Crippen LogP contribution is 2.33. The molecule has 1 aromatic heterocycles. The molecule has 1 fully saturated rings. The molecule has 2 aromatic rings. The van der Waals surface area contributed by atoms with Crippen LogP contribution in [-0.2, 0) is 6.61 Å². The summed E-state index contributed by atoms with van der Waals surface area (Å²) in [5.74, 6) is 2.07. The number of ether oxygens (including phenoxy) is 1. The standard InChI is InChI=1S/C18H23NO2/c1-12-7-13(2)9-16(8-12)21-18-17-6-4-3-5-14(17)10-15(11-20)19-18/h3-6,10,12-13,16,20H,7-9,11H2,1-2H3. The Labute approximate surface area is 126 Å². The van der Waals surface area contributed by atoms with Gasteiger partial charge in [0.05, 0.1) is 12.3 Å². The lowest BCUT2D eigenvalue weighted by atomic mass is 9.82. The fraction of sp³-hybridized carbons (Fsp3) is 0.500. The van der Waals surface area contributed by atoms with E-state index in [2.05, 4.69) is 18.8 Å². The van der Waals surface area contributed by atoms with E-state index in [9.17, 15) is 5.11 Å². The Hall–Kier alpha value is -1.61. The molecule has 2 atom stereocenters.